The van der Waals surface area contributed by atoms with E-state index in [1.54, 1.807) is 0 Å². The molecule has 1 amide bonds. The maximum absolute atomic E-state index is 13.2. The van der Waals surface area contributed by atoms with E-state index < -0.39 is 59.9 Å². The molecule has 1 heterocycles. The predicted octanol–water partition coefficient (Wildman–Crippen LogP) is 14.1. The first-order chi connectivity index (χ1) is 34.0. The summed E-state index contributed by atoms with van der Waals surface area (Å²) in [5.74, 6) is -0.221. The minimum atomic E-state index is -5.08. The number of aliphatic hydroxyl groups is 4. The largest absolute Gasteiger partial charge is 0.397 e. The van der Waals surface area contributed by atoms with Crippen LogP contribution in [0.3, 0.4) is 0 Å². The summed E-state index contributed by atoms with van der Waals surface area (Å²) in [6, 6.07) is -0.853. The molecule has 1 saturated heterocycles. The molecule has 1 aliphatic heterocycles. The van der Waals surface area contributed by atoms with Crippen LogP contribution in [0.2, 0.25) is 0 Å². The monoisotopic (exact) mass is 1020 g/mol. The van der Waals surface area contributed by atoms with Gasteiger partial charge in [-0.25, -0.2) is 4.18 Å². The number of nitrogens with one attached hydrogen (secondary N) is 1. The highest BCUT2D eigenvalue weighted by atomic mass is 32.3. The quantitative estimate of drug-likeness (QED) is 0.0251. The lowest BCUT2D eigenvalue weighted by molar-refractivity contribution is -0.298. The van der Waals surface area contributed by atoms with E-state index >= 15 is 0 Å². The van der Waals surface area contributed by atoms with Crippen LogP contribution in [0.1, 0.15) is 303 Å². The molecule has 0 aromatic heterocycles. The Balaban J connectivity index is 2.32. The third-order valence-electron chi connectivity index (χ3n) is 14.7. The van der Waals surface area contributed by atoms with E-state index in [4.69, 9.17) is 9.47 Å². The van der Waals surface area contributed by atoms with Gasteiger partial charge in [0, 0.05) is 6.42 Å². The van der Waals surface area contributed by atoms with Crippen molar-refractivity contribution in [2.75, 3.05) is 13.2 Å². The third kappa shape index (κ3) is 39.5. The molecule has 70 heavy (non-hydrogen) atoms. The molecular weight excluding hydrogens is 907 g/mol. The fourth-order valence-corrected chi connectivity index (χ4v) is 10.6. The van der Waals surface area contributed by atoms with Gasteiger partial charge < -0.3 is 35.2 Å². The van der Waals surface area contributed by atoms with Gasteiger partial charge in [-0.15, -0.1) is 0 Å². The molecule has 13 heteroatoms. The van der Waals surface area contributed by atoms with E-state index in [0.29, 0.717) is 12.8 Å². The Bertz CT molecular complexity index is 1240. The Hall–Kier alpha value is -0.900. The summed E-state index contributed by atoms with van der Waals surface area (Å²) >= 11 is 0. The van der Waals surface area contributed by atoms with Crippen molar-refractivity contribution in [2.24, 2.45) is 0 Å². The zero-order valence-corrected chi connectivity index (χ0v) is 46.2. The summed E-state index contributed by atoms with van der Waals surface area (Å²) in [4.78, 5) is 13.2. The lowest BCUT2D eigenvalue weighted by Gasteiger charge is -2.41. The maximum Gasteiger partial charge on any atom is 0.397 e. The van der Waals surface area contributed by atoms with Crippen molar-refractivity contribution >= 4 is 16.3 Å². The lowest BCUT2D eigenvalue weighted by Crippen LogP contribution is -2.61. The fourth-order valence-electron chi connectivity index (χ4n) is 10.1. The molecule has 12 nitrogen and oxygen atoms in total. The molecule has 418 valence electrons. The van der Waals surface area contributed by atoms with Gasteiger partial charge in [-0.05, 0) is 12.8 Å². The number of rotatable bonds is 53. The zero-order valence-electron chi connectivity index (χ0n) is 45.4. The molecule has 1 aliphatic rings. The summed E-state index contributed by atoms with van der Waals surface area (Å²) in [6.45, 7) is 3.51. The van der Waals surface area contributed by atoms with E-state index in [-0.39, 0.29) is 12.5 Å². The van der Waals surface area contributed by atoms with E-state index in [1.807, 2.05) is 0 Å². The predicted molar refractivity (Wildman–Crippen MR) is 287 cm³/mol. The van der Waals surface area contributed by atoms with Crippen LogP contribution >= 0.6 is 0 Å². The van der Waals surface area contributed by atoms with Gasteiger partial charge in [-0.2, -0.15) is 8.42 Å². The first kappa shape index (κ1) is 67.1. The second-order valence-corrected chi connectivity index (χ2v) is 22.4. The van der Waals surface area contributed by atoms with Crippen molar-refractivity contribution < 1.29 is 51.8 Å². The van der Waals surface area contributed by atoms with E-state index in [9.17, 15) is 38.2 Å². The van der Waals surface area contributed by atoms with Gasteiger partial charge >= 0.3 is 10.4 Å². The minimum absolute atomic E-state index is 0.221. The molecule has 0 aromatic rings. The standard InChI is InChI=1S/C57H113NO11S/c1-3-5-7-9-11-13-15-17-19-21-23-25-26-27-29-31-33-35-37-39-41-43-45-47-53(61)58-50(49-67-57-55(63)56(69-70(64,65)66)54(62)52(48-59)68-57)51(60)46-44-42-40-38-36-34-32-30-28-24-22-20-18-16-14-12-10-8-6-4-2/h50-52,54-57,59-60,62-63H,3-49H2,1-2H3,(H,58,61)(H,64,65,66). The molecule has 1 rings (SSSR count). The van der Waals surface area contributed by atoms with Gasteiger partial charge in [0.15, 0.2) is 6.29 Å². The molecule has 0 spiro atoms. The number of aliphatic hydroxyl groups excluding tert-OH is 4. The van der Waals surface area contributed by atoms with Crippen LogP contribution in [-0.2, 0) is 28.9 Å². The summed E-state index contributed by atoms with van der Waals surface area (Å²) < 4.78 is 48.0. The highest BCUT2D eigenvalue weighted by Gasteiger charge is 2.48. The van der Waals surface area contributed by atoms with Crippen LogP contribution in [0.4, 0.5) is 0 Å². The topological polar surface area (TPSA) is 192 Å². The number of ether oxygens (including phenoxy) is 2. The second-order valence-electron chi connectivity index (χ2n) is 21.3. The molecule has 6 N–H and O–H groups in total. The molecule has 1 fully saturated rings. The Morgan fingerprint density at radius 1 is 0.514 bits per heavy atom. The van der Waals surface area contributed by atoms with Gasteiger partial charge in [-0.3, -0.25) is 9.35 Å². The summed E-state index contributed by atoms with van der Waals surface area (Å²) in [5.41, 5.74) is 0. The number of unbranched alkanes of at least 4 members (excludes halogenated alkanes) is 41. The van der Waals surface area contributed by atoms with Crippen LogP contribution in [0.15, 0.2) is 0 Å². The van der Waals surface area contributed by atoms with E-state index in [0.717, 1.165) is 51.4 Å². The molecule has 7 unspecified atom stereocenters. The number of carbonyl (C=O) groups excluding carboxylic acids is 1. The van der Waals surface area contributed by atoms with E-state index in [2.05, 4.69) is 23.3 Å². The Morgan fingerprint density at radius 2 is 0.829 bits per heavy atom. The lowest BCUT2D eigenvalue weighted by atomic mass is 9.99. The van der Waals surface area contributed by atoms with Crippen LogP contribution < -0.4 is 5.32 Å². The first-order valence-electron chi connectivity index (χ1n) is 29.9. The summed E-state index contributed by atoms with van der Waals surface area (Å²) in [6.07, 6.45) is 46.8. The first-order valence-corrected chi connectivity index (χ1v) is 31.3. The van der Waals surface area contributed by atoms with Crippen LogP contribution in [0.5, 0.6) is 0 Å². The summed E-state index contributed by atoms with van der Waals surface area (Å²) in [5, 5.41) is 45.2. The highest BCUT2D eigenvalue weighted by molar-refractivity contribution is 7.80. The Kier molecular flexibility index (Phi) is 45.8. The molecule has 0 radical (unpaired) electrons. The Morgan fingerprint density at radius 3 is 1.14 bits per heavy atom. The molecule has 7 atom stereocenters. The summed E-state index contributed by atoms with van der Waals surface area (Å²) in [7, 11) is -5.08. The van der Waals surface area contributed by atoms with Gasteiger partial charge in [0.1, 0.15) is 24.4 Å². The molecular formula is C57H113NO11S. The molecule has 0 aromatic carbocycles. The molecule has 0 aliphatic carbocycles. The smallest absolute Gasteiger partial charge is 0.394 e. The van der Waals surface area contributed by atoms with Crippen molar-refractivity contribution in [2.45, 2.75) is 346 Å². The van der Waals surface area contributed by atoms with Gasteiger partial charge in [0.2, 0.25) is 5.91 Å². The van der Waals surface area contributed by atoms with Crippen LogP contribution in [0, 0.1) is 0 Å². The van der Waals surface area contributed by atoms with Crippen molar-refractivity contribution in [3.63, 3.8) is 0 Å². The number of hydrogen-bond donors (Lipinski definition) is 6. The highest BCUT2D eigenvalue weighted by Crippen LogP contribution is 2.26. The Labute approximate surface area is 430 Å². The average Bonchev–Trinajstić information content (AvgIpc) is 3.33. The second kappa shape index (κ2) is 47.8. The normalized spacial score (nSPS) is 19.4. The molecule has 0 saturated carbocycles. The van der Waals surface area contributed by atoms with Crippen LogP contribution in [0.25, 0.3) is 0 Å². The van der Waals surface area contributed by atoms with Crippen molar-refractivity contribution in [1.29, 1.82) is 0 Å². The van der Waals surface area contributed by atoms with Crippen LogP contribution in [-0.4, -0.2) is 95.4 Å². The van der Waals surface area contributed by atoms with E-state index in [1.165, 1.54) is 225 Å². The number of carbonyl (C=O) groups is 1. The fraction of sp³-hybridized carbons (Fsp3) is 0.982. The van der Waals surface area contributed by atoms with Crippen molar-refractivity contribution in [3.8, 4) is 0 Å². The van der Waals surface area contributed by atoms with Crippen molar-refractivity contribution in [1.82, 2.24) is 5.32 Å². The van der Waals surface area contributed by atoms with Gasteiger partial charge in [-0.1, -0.05) is 284 Å². The third-order valence-corrected chi connectivity index (χ3v) is 15.1. The van der Waals surface area contributed by atoms with Gasteiger partial charge in [0.25, 0.3) is 0 Å². The zero-order chi connectivity index (χ0) is 51.2. The van der Waals surface area contributed by atoms with Gasteiger partial charge in [0.05, 0.1) is 25.4 Å². The molecule has 0 bridgehead atoms. The van der Waals surface area contributed by atoms with Crippen molar-refractivity contribution in [3.05, 3.63) is 0 Å². The number of amides is 1. The minimum Gasteiger partial charge on any atom is -0.394 e. The maximum atomic E-state index is 13.2. The average molecular weight is 1020 g/mol. The number of hydrogen-bond acceptors (Lipinski definition) is 10. The SMILES string of the molecule is CCCCCCCCCCCCCCCCCCCCCCCCCC(=O)NC(COC1OC(CO)C(O)C(OS(=O)(=O)O)C1O)C(O)CCCCCCCCCCCCCCCCCCCCCC.